The Balaban J connectivity index is 1.43. The molecule has 6 nitrogen and oxygen atoms in total. The number of amides is 2. The fourth-order valence-electron chi connectivity index (χ4n) is 3.41. The van der Waals surface area contributed by atoms with Crippen LogP contribution >= 0.6 is 0 Å². The summed E-state index contributed by atoms with van der Waals surface area (Å²) < 4.78 is 5.31. The van der Waals surface area contributed by atoms with Crippen LogP contribution in [-0.2, 0) is 14.3 Å². The molecule has 0 spiro atoms. The fraction of sp³-hybridized carbons (Fsp3) is 0.600. The van der Waals surface area contributed by atoms with Gasteiger partial charge in [0.15, 0.2) is 0 Å². The van der Waals surface area contributed by atoms with Gasteiger partial charge < -0.3 is 15.4 Å². The molecule has 6 heteroatoms. The Kier molecular flexibility index (Phi) is 6.27. The van der Waals surface area contributed by atoms with Crippen molar-refractivity contribution in [2.24, 2.45) is 11.8 Å². The van der Waals surface area contributed by atoms with Crippen LogP contribution in [0.1, 0.15) is 31.7 Å². The highest BCUT2D eigenvalue weighted by Gasteiger charge is 2.48. The average Bonchev–Trinajstić information content (AvgIpc) is 3.44. The van der Waals surface area contributed by atoms with Gasteiger partial charge in [-0.25, -0.2) is 0 Å². The molecule has 1 saturated heterocycles. The Morgan fingerprint density at radius 3 is 2.58 bits per heavy atom. The summed E-state index contributed by atoms with van der Waals surface area (Å²) in [5.41, 5.74) is 1.97. The van der Waals surface area contributed by atoms with Gasteiger partial charge in [0.1, 0.15) is 0 Å². The van der Waals surface area contributed by atoms with Crippen LogP contribution in [0, 0.1) is 11.8 Å². The molecule has 2 unspecified atom stereocenters. The Bertz CT molecular complexity index is 641. The van der Waals surface area contributed by atoms with E-state index in [0.717, 1.165) is 44.1 Å². The zero-order valence-electron chi connectivity index (χ0n) is 15.7. The summed E-state index contributed by atoms with van der Waals surface area (Å²) in [4.78, 5) is 27.0. The van der Waals surface area contributed by atoms with Crippen molar-refractivity contribution in [3.05, 3.63) is 29.8 Å². The van der Waals surface area contributed by atoms with Gasteiger partial charge in [0.05, 0.1) is 25.0 Å². The van der Waals surface area contributed by atoms with E-state index in [1.807, 2.05) is 24.3 Å². The average molecular weight is 359 g/mol. The molecule has 0 bridgehead atoms. The number of para-hydroxylation sites is 1. The van der Waals surface area contributed by atoms with E-state index >= 15 is 0 Å². The maximum Gasteiger partial charge on any atom is 0.228 e. The summed E-state index contributed by atoms with van der Waals surface area (Å²) in [5.74, 6) is -0.114. The summed E-state index contributed by atoms with van der Waals surface area (Å²) in [6.45, 7) is 9.02. The number of rotatable bonds is 7. The lowest BCUT2D eigenvalue weighted by Crippen LogP contribution is -2.41. The Morgan fingerprint density at radius 2 is 1.85 bits per heavy atom. The molecule has 2 N–H and O–H groups in total. The quantitative estimate of drug-likeness (QED) is 0.779. The third-order valence-electron chi connectivity index (χ3n) is 5.14. The second kappa shape index (κ2) is 8.64. The van der Waals surface area contributed by atoms with Gasteiger partial charge >= 0.3 is 0 Å². The number of anilines is 1. The highest BCUT2D eigenvalue weighted by molar-refractivity contribution is 5.99. The summed E-state index contributed by atoms with van der Waals surface area (Å²) >= 11 is 0. The number of hydrogen-bond donors (Lipinski definition) is 2. The molecule has 2 aliphatic rings. The highest BCUT2D eigenvalue weighted by atomic mass is 16.5. The third kappa shape index (κ3) is 4.83. The van der Waals surface area contributed by atoms with Crippen molar-refractivity contribution in [1.29, 1.82) is 0 Å². The van der Waals surface area contributed by atoms with Gasteiger partial charge in [-0.3, -0.25) is 14.5 Å². The van der Waals surface area contributed by atoms with E-state index in [1.165, 1.54) is 0 Å². The smallest absolute Gasteiger partial charge is 0.228 e. The monoisotopic (exact) mass is 359 g/mol. The van der Waals surface area contributed by atoms with E-state index in [2.05, 4.69) is 29.4 Å². The van der Waals surface area contributed by atoms with E-state index < -0.39 is 0 Å². The van der Waals surface area contributed by atoms with Crippen molar-refractivity contribution < 1.29 is 14.3 Å². The lowest BCUT2D eigenvalue weighted by molar-refractivity contribution is -0.125. The van der Waals surface area contributed by atoms with E-state index in [9.17, 15) is 9.59 Å². The van der Waals surface area contributed by atoms with Crippen molar-refractivity contribution in [3.8, 4) is 0 Å². The molecule has 0 radical (unpaired) electrons. The first-order chi connectivity index (χ1) is 12.6. The number of hydrogen-bond acceptors (Lipinski definition) is 4. The molecule has 1 aromatic carbocycles. The Labute approximate surface area is 155 Å². The van der Waals surface area contributed by atoms with Crippen molar-refractivity contribution in [1.82, 2.24) is 10.2 Å². The van der Waals surface area contributed by atoms with Gasteiger partial charge in [-0.2, -0.15) is 0 Å². The van der Waals surface area contributed by atoms with E-state index in [4.69, 9.17) is 4.74 Å². The molecule has 1 aliphatic carbocycles. The van der Waals surface area contributed by atoms with Crippen LogP contribution in [0.5, 0.6) is 0 Å². The molecule has 2 atom stereocenters. The molecule has 142 valence electrons. The van der Waals surface area contributed by atoms with Crippen LogP contribution < -0.4 is 10.6 Å². The standard InChI is InChI=1S/C20H29N3O3/c1-14(2)15-5-3-4-6-18(15)22-20(25)17-13-16(17)19(24)21-7-8-23-9-11-26-12-10-23/h3-6,14,16-17H,7-13H2,1-2H3,(H,21,24)(H,22,25). The first kappa shape index (κ1) is 18.9. The zero-order valence-corrected chi connectivity index (χ0v) is 15.7. The number of benzene rings is 1. The summed E-state index contributed by atoms with van der Waals surface area (Å²) in [7, 11) is 0. The van der Waals surface area contributed by atoms with Gasteiger partial charge in [-0.05, 0) is 24.0 Å². The number of nitrogens with one attached hydrogen (secondary N) is 2. The van der Waals surface area contributed by atoms with Crippen LogP contribution in [0.25, 0.3) is 0 Å². The number of morpholine rings is 1. The minimum absolute atomic E-state index is 0.00412. The molecule has 2 fully saturated rings. The third-order valence-corrected chi connectivity index (χ3v) is 5.14. The second-order valence-corrected chi connectivity index (χ2v) is 7.42. The molecule has 26 heavy (non-hydrogen) atoms. The molecule has 1 heterocycles. The molecule has 1 aromatic rings. The van der Waals surface area contributed by atoms with Gasteiger partial charge in [-0.15, -0.1) is 0 Å². The summed E-state index contributed by atoms with van der Waals surface area (Å²) in [6.07, 6.45) is 0.638. The Morgan fingerprint density at radius 1 is 1.15 bits per heavy atom. The van der Waals surface area contributed by atoms with Gasteiger partial charge in [0.25, 0.3) is 0 Å². The van der Waals surface area contributed by atoms with Gasteiger partial charge in [0, 0.05) is 31.9 Å². The maximum atomic E-state index is 12.5. The second-order valence-electron chi connectivity index (χ2n) is 7.42. The largest absolute Gasteiger partial charge is 0.379 e. The zero-order chi connectivity index (χ0) is 18.5. The predicted molar refractivity (Wildman–Crippen MR) is 101 cm³/mol. The first-order valence-corrected chi connectivity index (χ1v) is 9.54. The van der Waals surface area contributed by atoms with Crippen LogP contribution in [0.2, 0.25) is 0 Å². The van der Waals surface area contributed by atoms with Crippen LogP contribution in [-0.4, -0.2) is 56.1 Å². The molecule has 3 rings (SSSR count). The highest BCUT2D eigenvalue weighted by Crippen LogP contribution is 2.40. The maximum absolute atomic E-state index is 12.5. The first-order valence-electron chi connectivity index (χ1n) is 9.54. The lowest BCUT2D eigenvalue weighted by Gasteiger charge is -2.26. The van der Waals surface area contributed by atoms with Crippen molar-refractivity contribution in [3.63, 3.8) is 0 Å². The molecular weight excluding hydrogens is 330 g/mol. The van der Waals surface area contributed by atoms with E-state index in [-0.39, 0.29) is 23.7 Å². The fourth-order valence-corrected chi connectivity index (χ4v) is 3.41. The number of carbonyl (C=O) groups is 2. The topological polar surface area (TPSA) is 70.7 Å². The van der Waals surface area contributed by atoms with E-state index in [0.29, 0.717) is 18.9 Å². The summed E-state index contributed by atoms with van der Waals surface area (Å²) in [6, 6.07) is 7.85. The molecule has 1 saturated carbocycles. The van der Waals surface area contributed by atoms with Crippen molar-refractivity contribution in [2.45, 2.75) is 26.2 Å². The normalized spacial score (nSPS) is 22.9. The molecule has 1 aliphatic heterocycles. The van der Waals surface area contributed by atoms with Gasteiger partial charge in [-0.1, -0.05) is 32.0 Å². The van der Waals surface area contributed by atoms with Crippen molar-refractivity contribution >= 4 is 17.5 Å². The Hall–Kier alpha value is -1.92. The molecule has 2 amide bonds. The number of ether oxygens (including phenoxy) is 1. The lowest BCUT2D eigenvalue weighted by atomic mass is 10.0. The van der Waals surface area contributed by atoms with Crippen molar-refractivity contribution in [2.75, 3.05) is 44.7 Å². The number of carbonyl (C=O) groups excluding carboxylic acids is 2. The SMILES string of the molecule is CC(C)c1ccccc1NC(=O)C1CC1C(=O)NCCN1CCOCC1. The predicted octanol–water partition coefficient (Wildman–Crippen LogP) is 1.83. The summed E-state index contributed by atoms with van der Waals surface area (Å²) in [5, 5.41) is 5.97. The van der Waals surface area contributed by atoms with Gasteiger partial charge in [0.2, 0.25) is 11.8 Å². The molecular formula is C20H29N3O3. The van der Waals surface area contributed by atoms with Crippen LogP contribution in [0.3, 0.4) is 0 Å². The van der Waals surface area contributed by atoms with Crippen LogP contribution in [0.4, 0.5) is 5.69 Å². The minimum Gasteiger partial charge on any atom is -0.379 e. The number of nitrogens with zero attached hydrogens (tertiary/aromatic N) is 1. The molecule has 0 aromatic heterocycles. The van der Waals surface area contributed by atoms with Crippen LogP contribution in [0.15, 0.2) is 24.3 Å². The minimum atomic E-state index is -0.210. The van der Waals surface area contributed by atoms with E-state index in [1.54, 1.807) is 0 Å².